The van der Waals surface area contributed by atoms with Crippen molar-refractivity contribution in [3.05, 3.63) is 51.3 Å². The fraction of sp³-hybridized carbons (Fsp3) is 0.0714. The van der Waals surface area contributed by atoms with E-state index in [2.05, 4.69) is 15.3 Å². The molecule has 4 aromatic rings. The topological polar surface area (TPSA) is 99.4 Å². The molecule has 0 saturated heterocycles. The van der Waals surface area contributed by atoms with Crippen molar-refractivity contribution in [2.75, 3.05) is 0 Å². The highest BCUT2D eigenvalue weighted by molar-refractivity contribution is 7.19. The van der Waals surface area contributed by atoms with E-state index in [4.69, 9.17) is 16.0 Å². The summed E-state index contributed by atoms with van der Waals surface area (Å²) in [6.07, 6.45) is 0. The number of furan rings is 1. The Bertz CT molecular complexity index is 1080. The number of nitrogens with zero attached hydrogens (tertiary/aromatic N) is 5. The van der Waals surface area contributed by atoms with Gasteiger partial charge < -0.3 is 4.42 Å². The Hall–Kier alpha value is -2.78. The second-order valence-corrected chi connectivity index (χ2v) is 6.30. The third-order valence-corrected chi connectivity index (χ3v) is 4.62. The molecule has 3 heterocycles. The van der Waals surface area contributed by atoms with Gasteiger partial charge >= 0.3 is 0 Å². The van der Waals surface area contributed by atoms with Gasteiger partial charge in [0.05, 0.1) is 9.95 Å². The van der Waals surface area contributed by atoms with Gasteiger partial charge in [-0.15, -0.1) is 15.3 Å². The molecule has 24 heavy (non-hydrogen) atoms. The van der Waals surface area contributed by atoms with Crippen LogP contribution < -0.4 is 0 Å². The molecule has 0 bridgehead atoms. The van der Waals surface area contributed by atoms with Crippen molar-refractivity contribution in [2.24, 2.45) is 0 Å². The maximum atomic E-state index is 10.8. The molecule has 1 aromatic carbocycles. The van der Waals surface area contributed by atoms with Crippen LogP contribution in [0.4, 0.5) is 5.69 Å². The van der Waals surface area contributed by atoms with Crippen LogP contribution in [0.1, 0.15) is 5.82 Å². The third-order valence-electron chi connectivity index (χ3n) is 3.39. The van der Waals surface area contributed by atoms with Crippen molar-refractivity contribution in [1.82, 2.24) is 19.8 Å². The van der Waals surface area contributed by atoms with E-state index in [0.29, 0.717) is 32.9 Å². The first-order chi connectivity index (χ1) is 11.5. The van der Waals surface area contributed by atoms with Gasteiger partial charge in [-0.2, -0.15) is 4.52 Å². The molecule has 10 heteroatoms. The number of aromatic nitrogens is 4. The van der Waals surface area contributed by atoms with Gasteiger partial charge in [0.1, 0.15) is 5.76 Å². The van der Waals surface area contributed by atoms with Crippen LogP contribution in [-0.2, 0) is 0 Å². The first-order valence-electron chi connectivity index (χ1n) is 6.76. The molecule has 3 aromatic heterocycles. The van der Waals surface area contributed by atoms with Gasteiger partial charge in [-0.25, -0.2) is 0 Å². The Kier molecular flexibility index (Phi) is 3.32. The molecule has 0 aliphatic heterocycles. The summed E-state index contributed by atoms with van der Waals surface area (Å²) in [5.41, 5.74) is 0.507. The number of benzene rings is 1. The standard InChI is InChI=1S/C14H8ClN5O3S/c1-7-16-17-14-19(7)18-13(24-14)12-5-4-11(23-12)9-3-2-8(20(21)22)6-10(9)15/h2-6H,1H3. The first-order valence-corrected chi connectivity index (χ1v) is 7.96. The predicted octanol–water partition coefficient (Wildman–Crippen LogP) is 3.98. The quantitative estimate of drug-likeness (QED) is 0.404. The number of hydrogen-bond acceptors (Lipinski definition) is 7. The summed E-state index contributed by atoms with van der Waals surface area (Å²) in [4.78, 5) is 11.0. The van der Waals surface area contributed by atoms with Gasteiger partial charge in [0.2, 0.25) is 4.96 Å². The fourth-order valence-corrected chi connectivity index (χ4v) is 3.34. The molecule has 8 nitrogen and oxygen atoms in total. The number of aryl methyl sites for hydroxylation is 1. The van der Waals surface area contributed by atoms with Crippen molar-refractivity contribution in [2.45, 2.75) is 6.92 Å². The molecule has 0 atom stereocenters. The van der Waals surface area contributed by atoms with Crippen molar-refractivity contribution in [3.8, 4) is 22.1 Å². The molecule has 0 amide bonds. The second-order valence-electron chi connectivity index (χ2n) is 4.93. The molecule has 0 radical (unpaired) electrons. The highest BCUT2D eigenvalue weighted by Crippen LogP contribution is 2.35. The summed E-state index contributed by atoms with van der Waals surface area (Å²) >= 11 is 7.48. The molecule has 0 aliphatic rings. The minimum atomic E-state index is -0.495. The highest BCUT2D eigenvalue weighted by atomic mass is 35.5. The highest BCUT2D eigenvalue weighted by Gasteiger charge is 2.17. The molecule has 0 N–H and O–H groups in total. The molecule has 0 unspecified atom stereocenters. The lowest BCUT2D eigenvalue weighted by Gasteiger charge is -2.00. The molecular weight excluding hydrogens is 354 g/mol. The Morgan fingerprint density at radius 2 is 2.04 bits per heavy atom. The molecule has 0 spiro atoms. The van der Waals surface area contributed by atoms with Crippen LogP contribution in [0.3, 0.4) is 0 Å². The lowest BCUT2D eigenvalue weighted by Crippen LogP contribution is -1.88. The van der Waals surface area contributed by atoms with Gasteiger partial charge in [-0.1, -0.05) is 22.9 Å². The van der Waals surface area contributed by atoms with Gasteiger partial charge in [0, 0.05) is 17.7 Å². The van der Waals surface area contributed by atoms with E-state index in [1.807, 2.05) is 6.92 Å². The number of halogens is 1. The number of fused-ring (bicyclic) bond motifs is 1. The molecule has 0 fully saturated rings. The van der Waals surface area contributed by atoms with E-state index >= 15 is 0 Å². The van der Waals surface area contributed by atoms with Gasteiger partial charge in [0.15, 0.2) is 16.6 Å². The minimum absolute atomic E-state index is 0.0698. The van der Waals surface area contributed by atoms with E-state index in [-0.39, 0.29) is 10.7 Å². The SMILES string of the molecule is Cc1nnc2sc(-c3ccc(-c4ccc([N+](=O)[O-])cc4Cl)o3)nn12. The maximum absolute atomic E-state index is 10.8. The Labute approximate surface area is 143 Å². The third kappa shape index (κ3) is 2.34. The van der Waals surface area contributed by atoms with E-state index in [9.17, 15) is 10.1 Å². The monoisotopic (exact) mass is 361 g/mol. The normalized spacial score (nSPS) is 11.2. The van der Waals surface area contributed by atoms with Crippen LogP contribution in [0.5, 0.6) is 0 Å². The van der Waals surface area contributed by atoms with Crippen LogP contribution >= 0.6 is 22.9 Å². The van der Waals surface area contributed by atoms with Crippen molar-refractivity contribution >= 4 is 33.6 Å². The maximum Gasteiger partial charge on any atom is 0.270 e. The van der Waals surface area contributed by atoms with Crippen LogP contribution in [0.15, 0.2) is 34.7 Å². The summed E-state index contributed by atoms with van der Waals surface area (Å²) in [6, 6.07) is 7.76. The molecule has 4 rings (SSSR count). The number of nitro groups is 1. The summed E-state index contributed by atoms with van der Waals surface area (Å²) in [5, 5.41) is 24.0. The van der Waals surface area contributed by atoms with E-state index in [1.165, 1.54) is 23.5 Å². The number of nitro benzene ring substituents is 1. The Morgan fingerprint density at radius 1 is 1.25 bits per heavy atom. The summed E-state index contributed by atoms with van der Waals surface area (Å²) in [6.45, 7) is 1.81. The zero-order chi connectivity index (χ0) is 16.8. The minimum Gasteiger partial charge on any atom is -0.453 e. The smallest absolute Gasteiger partial charge is 0.270 e. The van der Waals surface area contributed by atoms with Gasteiger partial charge in [-0.3, -0.25) is 10.1 Å². The second kappa shape index (κ2) is 5.39. The van der Waals surface area contributed by atoms with Crippen molar-refractivity contribution < 1.29 is 9.34 Å². The molecule has 0 saturated carbocycles. The van der Waals surface area contributed by atoms with Crippen LogP contribution in [0.25, 0.3) is 27.1 Å². The summed E-state index contributed by atoms with van der Waals surface area (Å²) in [5.74, 6) is 1.76. The number of rotatable bonds is 3. The fourth-order valence-electron chi connectivity index (χ4n) is 2.23. The van der Waals surface area contributed by atoms with E-state index < -0.39 is 4.92 Å². The summed E-state index contributed by atoms with van der Waals surface area (Å²) < 4.78 is 7.45. The Balaban J connectivity index is 1.73. The van der Waals surface area contributed by atoms with Gasteiger partial charge in [-0.05, 0) is 25.1 Å². The molecule has 0 aliphatic carbocycles. The first kappa shape index (κ1) is 14.8. The van der Waals surface area contributed by atoms with Crippen LogP contribution in [0.2, 0.25) is 5.02 Å². The molecular formula is C14H8ClN5O3S. The van der Waals surface area contributed by atoms with Crippen LogP contribution in [0, 0.1) is 17.0 Å². The number of hydrogen-bond donors (Lipinski definition) is 0. The average molecular weight is 362 g/mol. The van der Waals surface area contributed by atoms with Gasteiger partial charge in [0.25, 0.3) is 5.69 Å². The van der Waals surface area contributed by atoms with E-state index in [0.717, 1.165) is 0 Å². The van der Waals surface area contributed by atoms with E-state index in [1.54, 1.807) is 22.7 Å². The average Bonchev–Trinajstić information content (AvgIpc) is 3.24. The predicted molar refractivity (Wildman–Crippen MR) is 88.2 cm³/mol. The lowest BCUT2D eigenvalue weighted by molar-refractivity contribution is -0.384. The zero-order valence-electron chi connectivity index (χ0n) is 12.1. The van der Waals surface area contributed by atoms with Crippen molar-refractivity contribution in [3.63, 3.8) is 0 Å². The number of non-ortho nitro benzene ring substituents is 1. The Morgan fingerprint density at radius 3 is 2.75 bits per heavy atom. The zero-order valence-corrected chi connectivity index (χ0v) is 13.7. The van der Waals surface area contributed by atoms with Crippen LogP contribution in [-0.4, -0.2) is 24.7 Å². The molecule has 120 valence electrons. The lowest BCUT2D eigenvalue weighted by atomic mass is 10.1. The van der Waals surface area contributed by atoms with Crippen molar-refractivity contribution in [1.29, 1.82) is 0 Å². The largest absolute Gasteiger partial charge is 0.453 e. The summed E-state index contributed by atoms with van der Waals surface area (Å²) in [7, 11) is 0.